The zero-order valence-electron chi connectivity index (χ0n) is 9.15. The lowest BCUT2D eigenvalue weighted by Crippen LogP contribution is -1.99. The van der Waals surface area contributed by atoms with E-state index in [2.05, 4.69) is 0 Å². The molecule has 0 amide bonds. The van der Waals surface area contributed by atoms with Crippen LogP contribution in [0.25, 0.3) is 0 Å². The van der Waals surface area contributed by atoms with Crippen molar-refractivity contribution in [2.75, 3.05) is 6.61 Å². The molecule has 0 unspecified atom stereocenters. The molecule has 3 heteroatoms. The van der Waals surface area contributed by atoms with E-state index in [9.17, 15) is 9.59 Å². The minimum absolute atomic E-state index is 0.214. The van der Waals surface area contributed by atoms with Crippen LogP contribution in [0.3, 0.4) is 0 Å². The molecule has 0 aromatic carbocycles. The summed E-state index contributed by atoms with van der Waals surface area (Å²) >= 11 is 0. The Morgan fingerprint density at radius 3 is 2.60 bits per heavy atom. The highest BCUT2D eigenvalue weighted by Gasteiger charge is 1.91. The normalized spacial score (nSPS) is 11.0. The monoisotopic (exact) mass is 210 g/mol. The molecule has 0 heterocycles. The zero-order valence-corrected chi connectivity index (χ0v) is 9.15. The van der Waals surface area contributed by atoms with Crippen molar-refractivity contribution in [1.29, 1.82) is 0 Å². The van der Waals surface area contributed by atoms with Crippen LogP contribution in [0.5, 0.6) is 0 Å². The minimum Gasteiger partial charge on any atom is -0.466 e. The van der Waals surface area contributed by atoms with Gasteiger partial charge in [-0.05, 0) is 31.8 Å². The van der Waals surface area contributed by atoms with Gasteiger partial charge in [0.05, 0.1) is 6.61 Å². The quantitative estimate of drug-likeness (QED) is 0.203. The van der Waals surface area contributed by atoms with E-state index in [4.69, 9.17) is 4.74 Å². The van der Waals surface area contributed by atoms with E-state index >= 15 is 0 Å². The maximum atomic E-state index is 10.4. The van der Waals surface area contributed by atoms with Gasteiger partial charge in [-0.25, -0.2) is 0 Å². The maximum absolute atomic E-state index is 10.4. The molecular formula is C12H18O3. The number of carbonyl (C=O) groups is 2. The number of ether oxygens (including phenoxy) is 1. The summed E-state index contributed by atoms with van der Waals surface area (Å²) < 4.78 is 4.79. The van der Waals surface area contributed by atoms with Crippen molar-refractivity contribution in [1.82, 2.24) is 0 Å². The van der Waals surface area contributed by atoms with Crippen LogP contribution in [0, 0.1) is 0 Å². The van der Waals surface area contributed by atoms with Crippen molar-refractivity contribution in [3.8, 4) is 0 Å². The van der Waals surface area contributed by atoms with Gasteiger partial charge < -0.3 is 4.74 Å². The SMILES string of the molecule is CC(=O)OCCCCCC=CC=CC=O. The molecule has 0 radical (unpaired) electrons. The second-order valence-electron chi connectivity index (χ2n) is 3.14. The topological polar surface area (TPSA) is 43.4 Å². The number of allylic oxidation sites excluding steroid dienone is 4. The third-order valence-electron chi connectivity index (χ3n) is 1.76. The zero-order chi connectivity index (χ0) is 11.4. The Labute approximate surface area is 90.8 Å². The van der Waals surface area contributed by atoms with Gasteiger partial charge in [0.25, 0.3) is 0 Å². The van der Waals surface area contributed by atoms with E-state index in [0.717, 1.165) is 32.0 Å². The highest BCUT2D eigenvalue weighted by atomic mass is 16.5. The van der Waals surface area contributed by atoms with Crippen LogP contribution in [0.15, 0.2) is 24.3 Å². The highest BCUT2D eigenvalue weighted by molar-refractivity contribution is 5.65. The Morgan fingerprint density at radius 1 is 1.13 bits per heavy atom. The first kappa shape index (κ1) is 13.6. The van der Waals surface area contributed by atoms with Crippen molar-refractivity contribution in [3.63, 3.8) is 0 Å². The van der Waals surface area contributed by atoms with E-state index < -0.39 is 0 Å². The summed E-state index contributed by atoms with van der Waals surface area (Å²) in [6.07, 6.45) is 11.8. The van der Waals surface area contributed by atoms with Gasteiger partial charge >= 0.3 is 5.97 Å². The van der Waals surface area contributed by atoms with Gasteiger partial charge in [0.1, 0.15) is 6.29 Å². The maximum Gasteiger partial charge on any atom is 0.302 e. The van der Waals surface area contributed by atoms with Gasteiger partial charge in [-0.2, -0.15) is 0 Å². The molecule has 0 spiro atoms. The summed E-state index contributed by atoms with van der Waals surface area (Å²) in [4.78, 5) is 20.3. The van der Waals surface area contributed by atoms with Gasteiger partial charge in [0.2, 0.25) is 0 Å². The third kappa shape index (κ3) is 12.6. The molecule has 0 atom stereocenters. The Kier molecular flexibility index (Phi) is 9.71. The molecule has 15 heavy (non-hydrogen) atoms. The summed E-state index contributed by atoms with van der Waals surface area (Å²) in [5.41, 5.74) is 0. The molecule has 84 valence electrons. The van der Waals surface area contributed by atoms with E-state index in [1.54, 1.807) is 6.08 Å². The molecule has 0 N–H and O–H groups in total. The third-order valence-corrected chi connectivity index (χ3v) is 1.76. The second kappa shape index (κ2) is 10.7. The minimum atomic E-state index is -0.214. The van der Waals surface area contributed by atoms with Gasteiger partial charge in [-0.3, -0.25) is 9.59 Å². The lowest BCUT2D eigenvalue weighted by atomic mass is 10.2. The van der Waals surface area contributed by atoms with Crippen LogP contribution < -0.4 is 0 Å². The molecule has 3 nitrogen and oxygen atoms in total. The van der Waals surface area contributed by atoms with Crippen LogP contribution in [0.1, 0.15) is 32.6 Å². The Bertz CT molecular complexity index is 229. The molecule has 0 fully saturated rings. The fourth-order valence-corrected chi connectivity index (χ4v) is 1.04. The van der Waals surface area contributed by atoms with Crippen molar-refractivity contribution in [3.05, 3.63) is 24.3 Å². The summed E-state index contributed by atoms with van der Waals surface area (Å²) in [6, 6.07) is 0. The number of rotatable bonds is 8. The smallest absolute Gasteiger partial charge is 0.302 e. The highest BCUT2D eigenvalue weighted by Crippen LogP contribution is 2.01. The first-order chi connectivity index (χ1) is 7.27. The standard InChI is InChI=1S/C12H18O3/c1-12(14)15-11-9-7-5-3-2-4-6-8-10-13/h2,4,6,8,10H,3,5,7,9,11H2,1H3. The first-order valence-electron chi connectivity index (χ1n) is 5.17. The van der Waals surface area contributed by atoms with Crippen LogP contribution >= 0.6 is 0 Å². The number of hydrogen-bond acceptors (Lipinski definition) is 3. The van der Waals surface area contributed by atoms with E-state index in [1.807, 2.05) is 12.2 Å². The summed E-state index contributed by atoms with van der Waals surface area (Å²) in [7, 11) is 0. The van der Waals surface area contributed by atoms with Crippen LogP contribution in [0.2, 0.25) is 0 Å². The Hall–Kier alpha value is -1.38. The average Bonchev–Trinajstić information content (AvgIpc) is 2.20. The molecule has 0 aromatic rings. The molecule has 0 aliphatic heterocycles. The van der Waals surface area contributed by atoms with E-state index in [-0.39, 0.29) is 5.97 Å². The molecule has 0 bridgehead atoms. The van der Waals surface area contributed by atoms with Crippen molar-refractivity contribution >= 4 is 12.3 Å². The molecule has 0 rings (SSSR count). The summed E-state index contributed by atoms with van der Waals surface area (Å²) in [5.74, 6) is -0.214. The van der Waals surface area contributed by atoms with Crippen LogP contribution in [-0.4, -0.2) is 18.9 Å². The lowest BCUT2D eigenvalue weighted by molar-refractivity contribution is -0.141. The summed E-state index contributed by atoms with van der Waals surface area (Å²) in [6.45, 7) is 1.94. The Balaban J connectivity index is 3.17. The second-order valence-corrected chi connectivity index (χ2v) is 3.14. The van der Waals surface area contributed by atoms with Crippen LogP contribution in [0.4, 0.5) is 0 Å². The molecular weight excluding hydrogens is 192 g/mol. The fraction of sp³-hybridized carbons (Fsp3) is 0.500. The predicted octanol–water partition coefficient (Wildman–Crippen LogP) is 2.42. The number of esters is 1. The Morgan fingerprint density at radius 2 is 1.93 bits per heavy atom. The van der Waals surface area contributed by atoms with Crippen molar-refractivity contribution in [2.24, 2.45) is 0 Å². The van der Waals surface area contributed by atoms with E-state index in [0.29, 0.717) is 6.61 Å². The van der Waals surface area contributed by atoms with E-state index in [1.165, 1.54) is 13.0 Å². The fourth-order valence-electron chi connectivity index (χ4n) is 1.04. The van der Waals surface area contributed by atoms with Crippen LogP contribution in [-0.2, 0) is 14.3 Å². The van der Waals surface area contributed by atoms with Crippen molar-refractivity contribution < 1.29 is 14.3 Å². The number of aldehydes is 1. The van der Waals surface area contributed by atoms with Crippen molar-refractivity contribution in [2.45, 2.75) is 32.6 Å². The van der Waals surface area contributed by atoms with Gasteiger partial charge in [-0.15, -0.1) is 0 Å². The molecule has 0 saturated carbocycles. The number of carbonyl (C=O) groups excluding carboxylic acids is 2. The first-order valence-corrected chi connectivity index (χ1v) is 5.17. The molecule has 0 aromatic heterocycles. The largest absolute Gasteiger partial charge is 0.466 e. The number of unbranched alkanes of at least 4 members (excludes halogenated alkanes) is 3. The average molecular weight is 210 g/mol. The molecule has 0 aliphatic rings. The molecule has 0 saturated heterocycles. The molecule has 0 aliphatic carbocycles. The van der Waals surface area contributed by atoms with Gasteiger partial charge in [-0.1, -0.05) is 18.2 Å². The van der Waals surface area contributed by atoms with Gasteiger partial charge in [0, 0.05) is 6.92 Å². The summed E-state index contributed by atoms with van der Waals surface area (Å²) in [5, 5.41) is 0. The lowest BCUT2D eigenvalue weighted by Gasteiger charge is -1.99. The predicted molar refractivity (Wildman–Crippen MR) is 59.4 cm³/mol. The number of hydrogen-bond donors (Lipinski definition) is 0. The van der Waals surface area contributed by atoms with Gasteiger partial charge in [0.15, 0.2) is 0 Å².